The van der Waals surface area contributed by atoms with Gasteiger partial charge < -0.3 is 10.2 Å². The number of nitrogens with one attached hydrogen (secondary N) is 1. The topological polar surface area (TPSA) is 32.3 Å². The maximum Gasteiger partial charge on any atom is 0.149 e. The molecule has 1 fully saturated rings. The van der Waals surface area contributed by atoms with E-state index in [-0.39, 0.29) is 6.04 Å². The van der Waals surface area contributed by atoms with Crippen molar-refractivity contribution in [2.75, 3.05) is 20.1 Å². The van der Waals surface area contributed by atoms with E-state index in [1.165, 1.54) is 25.8 Å². The maximum absolute atomic E-state index is 11.8. The number of ketones is 1. The highest BCUT2D eigenvalue weighted by molar-refractivity contribution is 5.83. The van der Waals surface area contributed by atoms with Gasteiger partial charge in [0.15, 0.2) is 0 Å². The third kappa shape index (κ3) is 3.87. The summed E-state index contributed by atoms with van der Waals surface area (Å²) in [6.07, 6.45) is 5.50. The molecule has 0 bridgehead atoms. The number of likely N-dealkylation sites (N-methyl/N-ethyl adjacent to an activating group) is 1. The Kier molecular flexibility index (Phi) is 5.99. The van der Waals surface area contributed by atoms with Gasteiger partial charge in [0.25, 0.3) is 0 Å². The van der Waals surface area contributed by atoms with Crippen molar-refractivity contribution in [1.82, 2.24) is 10.2 Å². The Morgan fingerprint density at radius 2 is 2.19 bits per heavy atom. The first-order chi connectivity index (χ1) is 7.69. The van der Waals surface area contributed by atoms with Crippen LogP contribution in [-0.4, -0.2) is 42.9 Å². The quantitative estimate of drug-likeness (QED) is 0.750. The SMILES string of the molecule is CCNC(CC1CCCCN1C)C(=O)CC. The fourth-order valence-electron chi connectivity index (χ4n) is 2.54. The minimum atomic E-state index is 0.0700. The molecule has 0 aliphatic carbocycles. The molecular weight excluding hydrogens is 200 g/mol. The van der Waals surface area contributed by atoms with Crippen LogP contribution in [0.5, 0.6) is 0 Å². The third-order valence-electron chi connectivity index (χ3n) is 3.62. The normalized spacial score (nSPS) is 24.3. The minimum Gasteiger partial charge on any atom is -0.308 e. The van der Waals surface area contributed by atoms with Gasteiger partial charge in [0, 0.05) is 12.5 Å². The predicted octanol–water partition coefficient (Wildman–Crippen LogP) is 1.82. The van der Waals surface area contributed by atoms with Gasteiger partial charge in [-0.2, -0.15) is 0 Å². The molecule has 0 amide bonds. The lowest BCUT2D eigenvalue weighted by Crippen LogP contribution is -2.45. The Morgan fingerprint density at radius 1 is 1.44 bits per heavy atom. The number of piperidine rings is 1. The van der Waals surface area contributed by atoms with Crippen LogP contribution in [0.2, 0.25) is 0 Å². The molecule has 1 rings (SSSR count). The molecule has 0 aromatic heterocycles. The summed E-state index contributed by atoms with van der Waals surface area (Å²) in [6.45, 7) is 6.09. The van der Waals surface area contributed by atoms with Crippen molar-refractivity contribution in [2.24, 2.45) is 0 Å². The number of carbonyl (C=O) groups is 1. The summed E-state index contributed by atoms with van der Waals surface area (Å²) in [7, 11) is 2.18. The molecule has 1 N–H and O–H groups in total. The number of likely N-dealkylation sites (tertiary alicyclic amines) is 1. The van der Waals surface area contributed by atoms with Gasteiger partial charge in [-0.3, -0.25) is 4.79 Å². The summed E-state index contributed by atoms with van der Waals surface area (Å²) in [6, 6.07) is 0.661. The van der Waals surface area contributed by atoms with Crippen molar-refractivity contribution in [3.63, 3.8) is 0 Å². The molecule has 1 saturated heterocycles. The van der Waals surface area contributed by atoms with Crippen molar-refractivity contribution in [3.05, 3.63) is 0 Å². The Morgan fingerprint density at radius 3 is 2.75 bits per heavy atom. The first-order valence-electron chi connectivity index (χ1n) is 6.65. The fourth-order valence-corrected chi connectivity index (χ4v) is 2.54. The molecule has 1 aliphatic heterocycles. The molecular formula is C13H26N2O. The molecule has 0 saturated carbocycles. The molecule has 2 atom stereocenters. The monoisotopic (exact) mass is 226 g/mol. The van der Waals surface area contributed by atoms with Crippen LogP contribution in [0.25, 0.3) is 0 Å². The molecule has 1 heterocycles. The summed E-state index contributed by atoms with van der Waals surface area (Å²) in [5, 5.41) is 3.32. The van der Waals surface area contributed by atoms with E-state index < -0.39 is 0 Å². The molecule has 3 heteroatoms. The number of carbonyl (C=O) groups excluding carboxylic acids is 1. The second-order valence-electron chi connectivity index (χ2n) is 4.80. The molecule has 2 unspecified atom stereocenters. The highest BCUT2D eigenvalue weighted by atomic mass is 16.1. The molecule has 1 aliphatic rings. The fraction of sp³-hybridized carbons (Fsp3) is 0.923. The molecule has 3 nitrogen and oxygen atoms in total. The van der Waals surface area contributed by atoms with Gasteiger partial charge >= 0.3 is 0 Å². The van der Waals surface area contributed by atoms with Gasteiger partial charge in [0.1, 0.15) is 5.78 Å². The summed E-state index contributed by atoms with van der Waals surface area (Å²) in [5.74, 6) is 0.362. The number of Topliss-reactive ketones (excluding diaryl/α,β-unsaturated/α-hetero) is 1. The van der Waals surface area contributed by atoms with E-state index in [0.717, 1.165) is 13.0 Å². The first-order valence-corrected chi connectivity index (χ1v) is 6.65. The van der Waals surface area contributed by atoms with Gasteiger partial charge in [-0.25, -0.2) is 0 Å². The molecule has 0 radical (unpaired) electrons. The molecule has 0 aromatic carbocycles. The van der Waals surface area contributed by atoms with Crippen molar-refractivity contribution in [3.8, 4) is 0 Å². The lowest BCUT2D eigenvalue weighted by atomic mass is 9.94. The lowest BCUT2D eigenvalue weighted by molar-refractivity contribution is -0.121. The molecule has 94 valence electrons. The molecule has 16 heavy (non-hydrogen) atoms. The first kappa shape index (κ1) is 13.7. The Balaban J connectivity index is 2.49. The maximum atomic E-state index is 11.8. The van der Waals surface area contributed by atoms with Crippen LogP contribution in [0.1, 0.15) is 46.0 Å². The number of hydrogen-bond acceptors (Lipinski definition) is 3. The van der Waals surface area contributed by atoms with E-state index in [9.17, 15) is 4.79 Å². The predicted molar refractivity (Wildman–Crippen MR) is 67.6 cm³/mol. The average molecular weight is 226 g/mol. The Labute approximate surface area is 99.6 Å². The lowest BCUT2D eigenvalue weighted by Gasteiger charge is -2.34. The van der Waals surface area contributed by atoms with E-state index in [1.807, 2.05) is 6.92 Å². The van der Waals surface area contributed by atoms with Gasteiger partial charge in [-0.15, -0.1) is 0 Å². The standard InChI is InChI=1S/C13H26N2O/c1-4-13(16)12(14-5-2)10-11-8-6-7-9-15(11)3/h11-12,14H,4-10H2,1-3H3. The highest BCUT2D eigenvalue weighted by Gasteiger charge is 2.25. The summed E-state index contributed by atoms with van der Waals surface area (Å²) >= 11 is 0. The second kappa shape index (κ2) is 7.02. The average Bonchev–Trinajstić information content (AvgIpc) is 2.30. The van der Waals surface area contributed by atoms with E-state index in [1.54, 1.807) is 0 Å². The van der Waals surface area contributed by atoms with E-state index in [4.69, 9.17) is 0 Å². The second-order valence-corrected chi connectivity index (χ2v) is 4.80. The van der Waals surface area contributed by atoms with Gasteiger partial charge in [0.05, 0.1) is 6.04 Å². The summed E-state index contributed by atoms with van der Waals surface area (Å²) in [4.78, 5) is 14.2. The van der Waals surface area contributed by atoms with Crippen LogP contribution in [0.4, 0.5) is 0 Å². The van der Waals surface area contributed by atoms with Crippen molar-refractivity contribution in [1.29, 1.82) is 0 Å². The smallest absolute Gasteiger partial charge is 0.149 e. The molecule has 0 spiro atoms. The van der Waals surface area contributed by atoms with Crippen LogP contribution in [0.15, 0.2) is 0 Å². The minimum absolute atomic E-state index is 0.0700. The Hall–Kier alpha value is -0.410. The zero-order valence-corrected chi connectivity index (χ0v) is 11.0. The van der Waals surface area contributed by atoms with Crippen LogP contribution >= 0.6 is 0 Å². The van der Waals surface area contributed by atoms with Gasteiger partial charge in [-0.1, -0.05) is 20.3 Å². The zero-order valence-electron chi connectivity index (χ0n) is 11.0. The van der Waals surface area contributed by atoms with E-state index in [2.05, 4.69) is 24.2 Å². The third-order valence-corrected chi connectivity index (χ3v) is 3.62. The highest BCUT2D eigenvalue weighted by Crippen LogP contribution is 2.19. The van der Waals surface area contributed by atoms with Crippen molar-refractivity contribution >= 4 is 5.78 Å². The number of rotatable bonds is 6. The van der Waals surface area contributed by atoms with Crippen molar-refractivity contribution < 1.29 is 4.79 Å². The number of hydrogen-bond donors (Lipinski definition) is 1. The van der Waals surface area contributed by atoms with Gasteiger partial charge in [0.2, 0.25) is 0 Å². The number of nitrogens with zero attached hydrogens (tertiary/aromatic N) is 1. The Bertz CT molecular complexity index is 218. The van der Waals surface area contributed by atoms with Crippen LogP contribution in [0, 0.1) is 0 Å². The zero-order chi connectivity index (χ0) is 12.0. The van der Waals surface area contributed by atoms with Crippen molar-refractivity contribution in [2.45, 2.75) is 58.0 Å². The summed E-state index contributed by atoms with van der Waals surface area (Å²) in [5.41, 5.74) is 0. The van der Waals surface area contributed by atoms with Gasteiger partial charge in [-0.05, 0) is 39.4 Å². The van der Waals surface area contributed by atoms with Crippen LogP contribution < -0.4 is 5.32 Å². The molecule has 0 aromatic rings. The summed E-state index contributed by atoms with van der Waals surface area (Å²) < 4.78 is 0. The van der Waals surface area contributed by atoms with E-state index >= 15 is 0 Å². The largest absolute Gasteiger partial charge is 0.308 e. The van der Waals surface area contributed by atoms with Crippen LogP contribution in [0.3, 0.4) is 0 Å². The van der Waals surface area contributed by atoms with Crippen LogP contribution in [-0.2, 0) is 4.79 Å². The van der Waals surface area contributed by atoms with E-state index in [0.29, 0.717) is 18.2 Å².